The van der Waals surface area contributed by atoms with E-state index >= 15 is 0 Å². The molecule has 224 valence electrons. The SMILES string of the molecule is CC(C)(C)Oc1cc(C(=O)CC(N)=O)ccc1C1=N[C@@H](c2ccc(Cl)cc2)[C@@H](c2ccco2)N1C(=O)N1CCNC(=O)C1. The van der Waals surface area contributed by atoms with E-state index in [0.717, 1.165) is 5.56 Å². The summed E-state index contributed by atoms with van der Waals surface area (Å²) in [7, 11) is 0. The van der Waals surface area contributed by atoms with Crippen LogP contribution >= 0.6 is 11.6 Å². The van der Waals surface area contributed by atoms with Gasteiger partial charge in [0.15, 0.2) is 5.78 Å². The molecule has 1 saturated heterocycles. The number of ether oxygens (including phenoxy) is 1. The number of nitrogens with two attached hydrogens (primary N) is 1. The monoisotopic (exact) mass is 605 g/mol. The van der Waals surface area contributed by atoms with Gasteiger partial charge in [-0.15, -0.1) is 0 Å². The molecule has 3 N–H and O–H groups in total. The molecule has 2 aliphatic rings. The molecule has 0 aliphatic carbocycles. The van der Waals surface area contributed by atoms with Gasteiger partial charge < -0.3 is 25.1 Å². The first-order chi connectivity index (χ1) is 20.4. The first-order valence-corrected chi connectivity index (χ1v) is 14.2. The van der Waals surface area contributed by atoms with Crippen molar-refractivity contribution < 1.29 is 28.3 Å². The lowest BCUT2D eigenvalue weighted by atomic mass is 9.98. The van der Waals surface area contributed by atoms with Crippen LogP contribution in [0.5, 0.6) is 5.75 Å². The number of furan rings is 1. The average molecular weight is 606 g/mol. The molecule has 3 heterocycles. The number of ketones is 1. The van der Waals surface area contributed by atoms with Gasteiger partial charge in [-0.25, -0.2) is 4.79 Å². The molecule has 43 heavy (non-hydrogen) atoms. The van der Waals surface area contributed by atoms with Gasteiger partial charge in [0.25, 0.3) is 0 Å². The molecule has 5 rings (SSSR count). The zero-order valence-corrected chi connectivity index (χ0v) is 24.8. The fraction of sp³-hybridized carbons (Fsp3) is 0.323. The number of piperazine rings is 1. The highest BCUT2D eigenvalue weighted by molar-refractivity contribution is 6.30. The van der Waals surface area contributed by atoms with Gasteiger partial charge in [-0.1, -0.05) is 29.8 Å². The molecule has 0 saturated carbocycles. The first-order valence-electron chi connectivity index (χ1n) is 13.8. The van der Waals surface area contributed by atoms with Crippen molar-refractivity contribution in [1.29, 1.82) is 0 Å². The molecule has 1 fully saturated rings. The summed E-state index contributed by atoms with van der Waals surface area (Å²) in [6.45, 7) is 6.04. The standard InChI is InChI=1S/C31H32ClN5O6/c1-31(2,3)43-24-15-19(22(38)16-25(33)39)8-11-21(24)29-35-27(18-6-9-20(32)10-7-18)28(23-5-4-14-42-23)37(29)30(41)36-13-12-34-26(40)17-36/h4-11,14-15,27-28H,12-13,16-17H2,1-3H3,(H2,33,39)(H,34,40)/t27-,28+/m0/s1. The van der Waals surface area contributed by atoms with Gasteiger partial charge in [0.1, 0.15) is 41.6 Å². The highest BCUT2D eigenvalue weighted by Gasteiger charge is 2.46. The molecule has 2 atom stereocenters. The molecule has 12 heteroatoms. The maximum absolute atomic E-state index is 14.3. The largest absolute Gasteiger partial charge is 0.487 e. The van der Waals surface area contributed by atoms with E-state index in [9.17, 15) is 19.2 Å². The van der Waals surface area contributed by atoms with Crippen LogP contribution in [0.2, 0.25) is 5.02 Å². The number of halogens is 1. The number of hydrogen-bond acceptors (Lipinski definition) is 7. The van der Waals surface area contributed by atoms with E-state index in [4.69, 9.17) is 31.5 Å². The Morgan fingerprint density at radius 1 is 1.14 bits per heavy atom. The molecule has 0 radical (unpaired) electrons. The summed E-state index contributed by atoms with van der Waals surface area (Å²) in [5, 5.41) is 3.29. The van der Waals surface area contributed by atoms with Crippen molar-refractivity contribution in [2.45, 2.75) is 44.9 Å². The molecule has 4 amide bonds. The van der Waals surface area contributed by atoms with Gasteiger partial charge in [0.05, 0.1) is 18.2 Å². The summed E-state index contributed by atoms with van der Waals surface area (Å²) in [5.41, 5.74) is 6.01. The van der Waals surface area contributed by atoms with E-state index in [1.807, 2.05) is 32.9 Å². The Bertz CT molecular complexity index is 1580. The van der Waals surface area contributed by atoms with Gasteiger partial charge in [-0.05, 0) is 62.7 Å². The lowest BCUT2D eigenvalue weighted by molar-refractivity contribution is -0.123. The number of amides is 4. The Kier molecular flexibility index (Phi) is 8.27. The van der Waals surface area contributed by atoms with Gasteiger partial charge in [0.2, 0.25) is 11.8 Å². The number of nitrogens with zero attached hydrogens (tertiary/aromatic N) is 3. The zero-order valence-electron chi connectivity index (χ0n) is 24.0. The molecule has 0 spiro atoms. The highest BCUT2D eigenvalue weighted by Crippen LogP contribution is 2.45. The van der Waals surface area contributed by atoms with Gasteiger partial charge in [-0.3, -0.25) is 24.3 Å². The van der Waals surface area contributed by atoms with E-state index in [1.165, 1.54) is 22.1 Å². The highest BCUT2D eigenvalue weighted by atomic mass is 35.5. The van der Waals surface area contributed by atoms with Gasteiger partial charge in [-0.2, -0.15) is 0 Å². The first kappa shape index (κ1) is 29.8. The fourth-order valence-electron chi connectivity index (χ4n) is 5.11. The van der Waals surface area contributed by atoms with Gasteiger partial charge in [0, 0.05) is 23.7 Å². The molecule has 3 aromatic rings. The number of primary amides is 1. The number of Topliss-reactive ketones (excluding diaryl/α,β-unsaturated/α-hetero) is 1. The van der Waals surface area contributed by atoms with E-state index in [-0.39, 0.29) is 29.6 Å². The van der Waals surface area contributed by atoms with Crippen LogP contribution in [0.15, 0.2) is 70.3 Å². The van der Waals surface area contributed by atoms with Crippen molar-refractivity contribution in [2.24, 2.45) is 10.7 Å². The summed E-state index contributed by atoms with van der Waals surface area (Å²) in [6.07, 6.45) is 1.06. The number of aliphatic imine (C=N–C) groups is 1. The van der Waals surface area contributed by atoms with Crippen molar-refractivity contribution in [3.05, 3.63) is 88.3 Å². The number of nitrogens with one attached hydrogen (secondary N) is 1. The minimum atomic E-state index is -0.748. The molecule has 0 unspecified atom stereocenters. The summed E-state index contributed by atoms with van der Waals surface area (Å²) < 4.78 is 12.2. The van der Waals surface area contributed by atoms with E-state index in [0.29, 0.717) is 29.4 Å². The van der Waals surface area contributed by atoms with Gasteiger partial charge >= 0.3 is 6.03 Å². The predicted octanol–water partition coefficient (Wildman–Crippen LogP) is 4.27. The van der Waals surface area contributed by atoms with Crippen LogP contribution < -0.4 is 15.8 Å². The number of carbonyl (C=O) groups excluding carboxylic acids is 4. The Morgan fingerprint density at radius 2 is 1.88 bits per heavy atom. The second kappa shape index (κ2) is 11.9. The third kappa shape index (κ3) is 6.56. The number of carbonyl (C=O) groups is 4. The minimum Gasteiger partial charge on any atom is -0.487 e. The maximum Gasteiger partial charge on any atom is 0.326 e. The van der Waals surface area contributed by atoms with Crippen LogP contribution in [0.25, 0.3) is 0 Å². The molecule has 2 aliphatic heterocycles. The van der Waals surface area contributed by atoms with Crippen molar-refractivity contribution in [3.63, 3.8) is 0 Å². The summed E-state index contributed by atoms with van der Waals surface area (Å²) >= 11 is 6.19. The number of benzene rings is 2. The van der Waals surface area contributed by atoms with Crippen molar-refractivity contribution >= 4 is 41.1 Å². The quantitative estimate of drug-likeness (QED) is 0.304. The molecular weight excluding hydrogens is 574 g/mol. The molecule has 1 aromatic heterocycles. The molecule has 0 bridgehead atoms. The summed E-state index contributed by atoms with van der Waals surface area (Å²) in [4.78, 5) is 58.9. The smallest absolute Gasteiger partial charge is 0.326 e. The predicted molar refractivity (Wildman–Crippen MR) is 159 cm³/mol. The number of amidine groups is 1. The summed E-state index contributed by atoms with van der Waals surface area (Å²) in [6, 6.07) is 13.6. The number of hydrogen-bond donors (Lipinski definition) is 2. The molecule has 2 aromatic carbocycles. The van der Waals surface area contributed by atoms with E-state index in [1.54, 1.807) is 36.4 Å². The van der Waals surface area contributed by atoms with Crippen molar-refractivity contribution in [2.75, 3.05) is 19.6 Å². The average Bonchev–Trinajstić information content (AvgIpc) is 3.60. The Balaban J connectivity index is 1.69. The topological polar surface area (TPSA) is 148 Å². The third-order valence-corrected chi connectivity index (χ3v) is 7.18. The van der Waals surface area contributed by atoms with Crippen LogP contribution in [0.4, 0.5) is 4.79 Å². The Morgan fingerprint density at radius 3 is 2.51 bits per heavy atom. The molecular formula is C31H32ClN5O6. The van der Waals surface area contributed by atoms with Crippen LogP contribution in [-0.2, 0) is 9.59 Å². The number of rotatable bonds is 7. The second-order valence-electron chi connectivity index (χ2n) is 11.3. The van der Waals surface area contributed by atoms with E-state index < -0.39 is 41.8 Å². The van der Waals surface area contributed by atoms with Crippen LogP contribution in [-0.4, -0.2) is 64.5 Å². The van der Waals surface area contributed by atoms with E-state index in [2.05, 4.69) is 5.32 Å². The normalized spacial score (nSPS) is 18.7. The minimum absolute atomic E-state index is 0.120. The fourth-order valence-corrected chi connectivity index (χ4v) is 5.24. The zero-order chi connectivity index (χ0) is 30.9. The Hall–Kier alpha value is -4.64. The van der Waals surface area contributed by atoms with Crippen molar-refractivity contribution in [1.82, 2.24) is 15.1 Å². The lowest BCUT2D eigenvalue weighted by Gasteiger charge is -2.35. The lowest BCUT2D eigenvalue weighted by Crippen LogP contribution is -2.55. The third-order valence-electron chi connectivity index (χ3n) is 6.92. The maximum atomic E-state index is 14.3. The molecule has 11 nitrogen and oxygen atoms in total. The second-order valence-corrected chi connectivity index (χ2v) is 11.8. The van der Waals surface area contributed by atoms with Crippen LogP contribution in [0, 0.1) is 0 Å². The van der Waals surface area contributed by atoms with Crippen LogP contribution in [0.1, 0.15) is 66.5 Å². The van der Waals surface area contributed by atoms with Crippen LogP contribution in [0.3, 0.4) is 0 Å². The van der Waals surface area contributed by atoms with Crippen molar-refractivity contribution in [3.8, 4) is 5.75 Å². The Labute approximate surface area is 253 Å². The number of urea groups is 1. The summed E-state index contributed by atoms with van der Waals surface area (Å²) in [5.74, 6) is -0.445.